The summed E-state index contributed by atoms with van der Waals surface area (Å²) in [7, 11) is 1.39. The third kappa shape index (κ3) is 6.03. The molecule has 4 rings (SSSR count). The SMILES string of the molecule is CCC[C@H](C)Nc1nc(N)c2ncc(Cc3cnc(N4CCN(C(=O)CN(C)C(=O)O)CC4)c(C)c3)n2n1. The van der Waals surface area contributed by atoms with E-state index in [0.717, 1.165) is 40.4 Å². The van der Waals surface area contributed by atoms with Crippen LogP contribution in [0, 0.1) is 6.92 Å². The van der Waals surface area contributed by atoms with Gasteiger partial charge in [0.15, 0.2) is 11.5 Å². The number of nitrogens with two attached hydrogens (primary N) is 1. The lowest BCUT2D eigenvalue weighted by molar-refractivity contribution is -0.132. The molecule has 3 aromatic rings. The van der Waals surface area contributed by atoms with Crippen LogP contribution in [-0.4, -0.2) is 97.3 Å². The lowest BCUT2D eigenvalue weighted by atomic mass is 10.1. The number of anilines is 3. The van der Waals surface area contributed by atoms with Crippen LogP contribution in [0.3, 0.4) is 0 Å². The number of fused-ring (bicyclic) bond motifs is 1. The predicted molar refractivity (Wildman–Crippen MR) is 144 cm³/mol. The van der Waals surface area contributed by atoms with Gasteiger partial charge in [0.1, 0.15) is 12.4 Å². The molecule has 0 unspecified atom stereocenters. The number of aryl methyl sites for hydroxylation is 1. The largest absolute Gasteiger partial charge is 0.465 e. The van der Waals surface area contributed by atoms with Crippen LogP contribution in [0.4, 0.5) is 22.4 Å². The summed E-state index contributed by atoms with van der Waals surface area (Å²) in [6, 6.07) is 2.34. The number of pyridine rings is 1. The maximum atomic E-state index is 12.4. The molecule has 0 saturated carbocycles. The Morgan fingerprint density at radius 2 is 1.95 bits per heavy atom. The van der Waals surface area contributed by atoms with Gasteiger partial charge < -0.3 is 30.9 Å². The Balaban J connectivity index is 1.43. The van der Waals surface area contributed by atoms with Gasteiger partial charge in [-0.15, -0.1) is 5.10 Å². The van der Waals surface area contributed by atoms with Crippen molar-refractivity contribution < 1.29 is 14.7 Å². The lowest BCUT2D eigenvalue weighted by Crippen LogP contribution is -2.51. The number of imidazole rings is 1. The third-order valence-electron chi connectivity index (χ3n) is 6.68. The summed E-state index contributed by atoms with van der Waals surface area (Å²) in [4.78, 5) is 41.8. The molecule has 1 fully saturated rings. The molecule has 204 valence electrons. The molecule has 4 heterocycles. The number of carbonyl (C=O) groups excluding carboxylic acids is 1. The van der Waals surface area contributed by atoms with E-state index in [9.17, 15) is 9.59 Å². The van der Waals surface area contributed by atoms with Crippen LogP contribution in [0.15, 0.2) is 18.5 Å². The fraction of sp³-hybridized carbons (Fsp3) is 0.520. The highest BCUT2D eigenvalue weighted by atomic mass is 16.4. The minimum atomic E-state index is -1.12. The molecule has 3 aromatic heterocycles. The Bertz CT molecular complexity index is 1300. The number of carboxylic acid groups (broad SMARTS) is 1. The number of aromatic nitrogens is 5. The molecular formula is C25H36N10O3. The normalized spacial score (nSPS) is 14.5. The van der Waals surface area contributed by atoms with Crippen molar-refractivity contribution in [3.63, 3.8) is 0 Å². The summed E-state index contributed by atoms with van der Waals surface area (Å²) < 4.78 is 1.74. The average molecular weight is 525 g/mol. The van der Waals surface area contributed by atoms with Gasteiger partial charge in [-0.3, -0.25) is 4.79 Å². The first-order valence-electron chi connectivity index (χ1n) is 12.8. The summed E-state index contributed by atoms with van der Waals surface area (Å²) in [5, 5.41) is 16.9. The number of hydrogen-bond donors (Lipinski definition) is 3. The van der Waals surface area contributed by atoms with E-state index in [2.05, 4.69) is 45.2 Å². The summed E-state index contributed by atoms with van der Waals surface area (Å²) in [6.45, 7) is 8.41. The molecule has 13 nitrogen and oxygen atoms in total. The van der Waals surface area contributed by atoms with Gasteiger partial charge in [0.25, 0.3) is 0 Å². The van der Waals surface area contributed by atoms with Gasteiger partial charge in [-0.1, -0.05) is 19.4 Å². The van der Waals surface area contributed by atoms with E-state index in [4.69, 9.17) is 15.8 Å². The number of nitrogens with one attached hydrogen (secondary N) is 1. The van der Waals surface area contributed by atoms with Gasteiger partial charge in [-0.05, 0) is 31.4 Å². The van der Waals surface area contributed by atoms with Crippen molar-refractivity contribution in [1.82, 2.24) is 34.4 Å². The van der Waals surface area contributed by atoms with Crippen molar-refractivity contribution in [2.45, 2.75) is 46.1 Å². The maximum absolute atomic E-state index is 12.4. The van der Waals surface area contributed by atoms with Crippen molar-refractivity contribution in [2.24, 2.45) is 0 Å². The Kier molecular flexibility index (Phi) is 8.13. The quantitative estimate of drug-likeness (QED) is 0.377. The first-order chi connectivity index (χ1) is 18.2. The smallest absolute Gasteiger partial charge is 0.407 e. The van der Waals surface area contributed by atoms with E-state index in [-0.39, 0.29) is 18.5 Å². The van der Waals surface area contributed by atoms with Crippen molar-refractivity contribution >= 4 is 35.2 Å². The van der Waals surface area contributed by atoms with E-state index < -0.39 is 6.09 Å². The Morgan fingerprint density at radius 3 is 2.61 bits per heavy atom. The second kappa shape index (κ2) is 11.5. The molecule has 38 heavy (non-hydrogen) atoms. The van der Waals surface area contributed by atoms with Crippen LogP contribution in [0.2, 0.25) is 0 Å². The van der Waals surface area contributed by atoms with E-state index in [1.165, 1.54) is 7.05 Å². The summed E-state index contributed by atoms with van der Waals surface area (Å²) in [6.07, 6.45) is 5.14. The maximum Gasteiger partial charge on any atom is 0.407 e. The molecule has 2 amide bonds. The van der Waals surface area contributed by atoms with Crippen LogP contribution in [0.5, 0.6) is 0 Å². The van der Waals surface area contributed by atoms with Crippen molar-refractivity contribution in [2.75, 3.05) is 55.7 Å². The molecule has 1 aliphatic rings. The number of nitrogens with zero attached hydrogens (tertiary/aromatic N) is 8. The molecule has 1 aliphatic heterocycles. The van der Waals surface area contributed by atoms with Gasteiger partial charge in [0.05, 0.1) is 11.9 Å². The molecule has 0 spiro atoms. The molecule has 13 heteroatoms. The summed E-state index contributed by atoms with van der Waals surface area (Å²) in [5.41, 5.74) is 9.62. The number of nitrogen functional groups attached to an aromatic ring is 1. The van der Waals surface area contributed by atoms with E-state index >= 15 is 0 Å². The third-order valence-corrected chi connectivity index (χ3v) is 6.68. The Hall–Kier alpha value is -4.16. The molecule has 0 bridgehead atoms. The topological polar surface area (TPSA) is 158 Å². The van der Waals surface area contributed by atoms with E-state index in [0.29, 0.717) is 50.0 Å². The van der Waals surface area contributed by atoms with Crippen molar-refractivity contribution in [3.05, 3.63) is 35.3 Å². The number of rotatable bonds is 9. The highest BCUT2D eigenvalue weighted by molar-refractivity contribution is 5.82. The highest BCUT2D eigenvalue weighted by Gasteiger charge is 2.24. The van der Waals surface area contributed by atoms with Crippen LogP contribution < -0.4 is 16.0 Å². The number of carbonyl (C=O) groups is 2. The number of likely N-dealkylation sites (N-methyl/N-ethyl adjacent to an activating group) is 1. The minimum Gasteiger partial charge on any atom is -0.465 e. The van der Waals surface area contributed by atoms with Gasteiger partial charge in [-0.2, -0.15) is 4.98 Å². The monoisotopic (exact) mass is 524 g/mol. The van der Waals surface area contributed by atoms with Crippen molar-refractivity contribution in [1.29, 1.82) is 0 Å². The highest BCUT2D eigenvalue weighted by Crippen LogP contribution is 2.22. The molecule has 0 aromatic carbocycles. The first kappa shape index (κ1) is 26.9. The van der Waals surface area contributed by atoms with Gasteiger partial charge in [0.2, 0.25) is 11.9 Å². The molecule has 4 N–H and O–H groups in total. The van der Waals surface area contributed by atoms with Gasteiger partial charge in [-0.25, -0.2) is 19.3 Å². The van der Waals surface area contributed by atoms with Crippen molar-refractivity contribution in [3.8, 4) is 0 Å². The van der Waals surface area contributed by atoms with E-state index in [1.807, 2.05) is 13.1 Å². The van der Waals surface area contributed by atoms with Crippen LogP contribution >= 0.6 is 0 Å². The predicted octanol–water partition coefficient (Wildman–Crippen LogP) is 1.86. The first-order valence-corrected chi connectivity index (χ1v) is 12.8. The standard InChI is InChI=1S/C25H36N10O3/c1-5-6-17(3)29-24-30-21(26)23-28-14-19(35(23)31-24)12-18-11-16(2)22(27-13-18)34-9-7-33(8-10-34)20(36)15-32(4)25(37)38/h11,13-14,17H,5-10,12,15H2,1-4H3,(H,37,38)(H3,26,29,30,31)/t17-/m0/s1. The fourth-order valence-corrected chi connectivity index (χ4v) is 4.66. The summed E-state index contributed by atoms with van der Waals surface area (Å²) >= 11 is 0. The fourth-order valence-electron chi connectivity index (χ4n) is 4.66. The zero-order valence-electron chi connectivity index (χ0n) is 22.4. The molecule has 1 saturated heterocycles. The van der Waals surface area contributed by atoms with Crippen LogP contribution in [-0.2, 0) is 11.2 Å². The van der Waals surface area contributed by atoms with Crippen LogP contribution in [0.25, 0.3) is 5.65 Å². The zero-order valence-corrected chi connectivity index (χ0v) is 22.4. The lowest BCUT2D eigenvalue weighted by Gasteiger charge is -2.36. The molecular weight excluding hydrogens is 488 g/mol. The van der Waals surface area contributed by atoms with Gasteiger partial charge in [0, 0.05) is 51.9 Å². The number of amides is 2. The van der Waals surface area contributed by atoms with E-state index in [1.54, 1.807) is 15.6 Å². The number of hydrogen-bond acceptors (Lipinski definition) is 9. The molecule has 0 aliphatic carbocycles. The zero-order chi connectivity index (χ0) is 27.4. The Morgan fingerprint density at radius 1 is 1.21 bits per heavy atom. The second-order valence-electron chi connectivity index (χ2n) is 9.81. The number of piperazine rings is 1. The Labute approximate surface area is 221 Å². The summed E-state index contributed by atoms with van der Waals surface area (Å²) in [5.74, 6) is 1.50. The second-order valence-corrected chi connectivity index (χ2v) is 9.81. The average Bonchev–Trinajstić information content (AvgIpc) is 3.27. The van der Waals surface area contributed by atoms with Gasteiger partial charge >= 0.3 is 6.09 Å². The molecule has 0 radical (unpaired) electrons. The molecule has 1 atom stereocenters. The minimum absolute atomic E-state index is 0.142. The van der Waals surface area contributed by atoms with Crippen LogP contribution in [0.1, 0.15) is 43.5 Å².